The number of carboxylic acids is 1. The van der Waals surface area contributed by atoms with Crippen LogP contribution in [0.1, 0.15) is 39.3 Å². The zero-order chi connectivity index (χ0) is 15.8. The van der Waals surface area contributed by atoms with Crippen LogP contribution >= 0.6 is 0 Å². The van der Waals surface area contributed by atoms with Gasteiger partial charge in [0, 0.05) is 37.2 Å². The molecule has 0 aromatic carbocycles. The third-order valence-corrected chi connectivity index (χ3v) is 3.36. The van der Waals surface area contributed by atoms with E-state index in [1.54, 1.807) is 12.5 Å². The van der Waals surface area contributed by atoms with E-state index in [0.29, 0.717) is 18.9 Å². The van der Waals surface area contributed by atoms with Crippen molar-refractivity contribution in [3.8, 4) is 0 Å². The number of hydrogen-bond acceptors (Lipinski definition) is 3. The molecule has 6 heteroatoms. The van der Waals surface area contributed by atoms with Crippen molar-refractivity contribution in [2.24, 2.45) is 17.8 Å². The predicted molar refractivity (Wildman–Crippen MR) is 79.7 cm³/mol. The Labute approximate surface area is 125 Å². The molecule has 0 fully saturated rings. The minimum Gasteiger partial charge on any atom is -0.481 e. The highest BCUT2D eigenvalue weighted by Gasteiger charge is 2.19. The third-order valence-electron chi connectivity index (χ3n) is 3.36. The van der Waals surface area contributed by atoms with E-state index in [1.165, 1.54) is 0 Å². The third kappa shape index (κ3) is 6.92. The van der Waals surface area contributed by atoms with Gasteiger partial charge in [0.05, 0.1) is 6.33 Å². The number of nitrogens with zero attached hydrogens (tertiary/aromatic N) is 1. The molecular formula is C15H25N3O3. The second kappa shape index (κ2) is 8.44. The van der Waals surface area contributed by atoms with E-state index < -0.39 is 5.97 Å². The molecule has 1 aromatic heterocycles. The van der Waals surface area contributed by atoms with Gasteiger partial charge in [0.1, 0.15) is 0 Å². The van der Waals surface area contributed by atoms with Gasteiger partial charge in [-0.25, -0.2) is 4.98 Å². The molecular weight excluding hydrogens is 270 g/mol. The summed E-state index contributed by atoms with van der Waals surface area (Å²) in [7, 11) is 0. The Morgan fingerprint density at radius 2 is 2.10 bits per heavy atom. The maximum atomic E-state index is 12.1. The molecule has 0 spiro atoms. The van der Waals surface area contributed by atoms with Gasteiger partial charge in [-0.05, 0) is 18.3 Å². The molecule has 0 saturated heterocycles. The highest BCUT2D eigenvalue weighted by molar-refractivity contribution is 5.78. The zero-order valence-corrected chi connectivity index (χ0v) is 12.9. The summed E-state index contributed by atoms with van der Waals surface area (Å²) in [6.45, 7) is 6.37. The van der Waals surface area contributed by atoms with E-state index in [4.69, 9.17) is 5.11 Å². The molecule has 0 aliphatic heterocycles. The number of aromatic amines is 1. The molecule has 1 rings (SSSR count). The van der Waals surface area contributed by atoms with Crippen LogP contribution in [-0.2, 0) is 16.0 Å². The van der Waals surface area contributed by atoms with Crippen molar-refractivity contribution in [1.29, 1.82) is 0 Å². The van der Waals surface area contributed by atoms with Gasteiger partial charge in [-0.3, -0.25) is 9.59 Å². The summed E-state index contributed by atoms with van der Waals surface area (Å²) in [5.41, 5.74) is 0.918. The number of H-pyrrole nitrogens is 1. The monoisotopic (exact) mass is 295 g/mol. The Morgan fingerprint density at radius 3 is 2.62 bits per heavy atom. The van der Waals surface area contributed by atoms with E-state index >= 15 is 0 Å². The lowest BCUT2D eigenvalue weighted by molar-refractivity contribution is -0.138. The van der Waals surface area contributed by atoms with Crippen LogP contribution in [0.15, 0.2) is 12.5 Å². The Balaban J connectivity index is 2.42. The Kier molecular flexibility index (Phi) is 6.91. The van der Waals surface area contributed by atoms with Crippen molar-refractivity contribution >= 4 is 11.9 Å². The topological polar surface area (TPSA) is 95.1 Å². The van der Waals surface area contributed by atoms with Crippen LogP contribution in [0, 0.1) is 17.8 Å². The molecule has 21 heavy (non-hydrogen) atoms. The molecule has 3 N–H and O–H groups in total. The van der Waals surface area contributed by atoms with Crippen molar-refractivity contribution < 1.29 is 14.7 Å². The van der Waals surface area contributed by atoms with Crippen LogP contribution in [-0.4, -0.2) is 33.5 Å². The summed E-state index contributed by atoms with van der Waals surface area (Å²) in [5.74, 6) is -0.654. The maximum Gasteiger partial charge on any atom is 0.303 e. The molecule has 0 aliphatic carbocycles. The number of carboxylic acid groups (broad SMARTS) is 1. The number of hydrogen-bond donors (Lipinski definition) is 3. The van der Waals surface area contributed by atoms with Crippen LogP contribution in [0.3, 0.4) is 0 Å². The van der Waals surface area contributed by atoms with Crippen LogP contribution in [0.5, 0.6) is 0 Å². The molecule has 1 aromatic rings. The molecule has 0 bridgehead atoms. The molecule has 2 atom stereocenters. The summed E-state index contributed by atoms with van der Waals surface area (Å²) >= 11 is 0. The smallest absolute Gasteiger partial charge is 0.303 e. The van der Waals surface area contributed by atoms with Crippen LogP contribution in [0.2, 0.25) is 0 Å². The van der Waals surface area contributed by atoms with E-state index in [-0.39, 0.29) is 24.2 Å². The number of carbonyl (C=O) groups excluding carboxylic acids is 1. The average molecular weight is 295 g/mol. The van der Waals surface area contributed by atoms with Gasteiger partial charge in [0.2, 0.25) is 5.91 Å². The molecule has 0 radical (unpaired) electrons. The molecule has 0 aliphatic rings. The highest BCUT2D eigenvalue weighted by Crippen LogP contribution is 2.15. The number of nitrogens with one attached hydrogen (secondary N) is 2. The second-order valence-corrected chi connectivity index (χ2v) is 6.02. The Bertz CT molecular complexity index is 443. The Hall–Kier alpha value is -1.85. The largest absolute Gasteiger partial charge is 0.481 e. The lowest BCUT2D eigenvalue weighted by Crippen LogP contribution is -2.35. The van der Waals surface area contributed by atoms with E-state index in [2.05, 4.69) is 29.1 Å². The van der Waals surface area contributed by atoms with Gasteiger partial charge < -0.3 is 15.4 Å². The first-order chi connectivity index (χ1) is 9.88. The first-order valence-corrected chi connectivity index (χ1v) is 7.35. The van der Waals surface area contributed by atoms with Gasteiger partial charge in [0.15, 0.2) is 0 Å². The molecule has 1 amide bonds. The number of aliphatic carboxylic acids is 1. The van der Waals surface area contributed by atoms with Crippen molar-refractivity contribution in [3.05, 3.63) is 18.2 Å². The predicted octanol–water partition coefficient (Wildman–Crippen LogP) is 1.84. The van der Waals surface area contributed by atoms with Gasteiger partial charge in [-0.1, -0.05) is 20.8 Å². The molecule has 6 nitrogen and oxygen atoms in total. The summed E-state index contributed by atoms with van der Waals surface area (Å²) in [4.78, 5) is 29.8. The minimum atomic E-state index is -0.819. The number of imidazole rings is 1. The van der Waals surface area contributed by atoms with Crippen molar-refractivity contribution in [2.45, 2.75) is 40.0 Å². The zero-order valence-electron chi connectivity index (χ0n) is 12.9. The van der Waals surface area contributed by atoms with Crippen LogP contribution in [0.25, 0.3) is 0 Å². The molecule has 1 unspecified atom stereocenters. The van der Waals surface area contributed by atoms with E-state index in [9.17, 15) is 9.59 Å². The van der Waals surface area contributed by atoms with Crippen molar-refractivity contribution in [2.75, 3.05) is 6.54 Å². The first-order valence-electron chi connectivity index (χ1n) is 7.35. The first kappa shape index (κ1) is 17.2. The average Bonchev–Trinajstić information content (AvgIpc) is 2.86. The lowest BCUT2D eigenvalue weighted by atomic mass is 9.94. The second-order valence-electron chi connectivity index (χ2n) is 6.02. The van der Waals surface area contributed by atoms with Crippen LogP contribution < -0.4 is 5.32 Å². The lowest BCUT2D eigenvalue weighted by Gasteiger charge is -2.19. The molecule has 118 valence electrons. The summed E-state index contributed by atoms with van der Waals surface area (Å²) in [6, 6.07) is 0. The molecule has 1 heterocycles. The fraction of sp³-hybridized carbons (Fsp3) is 0.667. The van der Waals surface area contributed by atoms with Crippen molar-refractivity contribution in [1.82, 2.24) is 15.3 Å². The number of amides is 1. The van der Waals surface area contributed by atoms with Gasteiger partial charge in [-0.2, -0.15) is 0 Å². The van der Waals surface area contributed by atoms with Crippen LogP contribution in [0.4, 0.5) is 0 Å². The molecule has 0 saturated carbocycles. The van der Waals surface area contributed by atoms with Gasteiger partial charge >= 0.3 is 5.97 Å². The summed E-state index contributed by atoms with van der Waals surface area (Å²) < 4.78 is 0. The quantitative estimate of drug-likeness (QED) is 0.648. The van der Waals surface area contributed by atoms with E-state index in [0.717, 1.165) is 12.1 Å². The number of aromatic nitrogens is 2. The normalized spacial score (nSPS) is 13.9. The minimum absolute atomic E-state index is 0.0224. The SMILES string of the molecule is CC(C)C[C@H](CNC(=O)C(C)Cc1cnc[nH]1)CC(=O)O. The summed E-state index contributed by atoms with van der Waals surface area (Å²) in [6.07, 6.45) is 4.77. The number of rotatable bonds is 9. The van der Waals surface area contributed by atoms with E-state index in [1.807, 2.05) is 6.92 Å². The van der Waals surface area contributed by atoms with Gasteiger partial charge in [0.25, 0.3) is 0 Å². The fourth-order valence-electron chi connectivity index (χ4n) is 2.39. The summed E-state index contributed by atoms with van der Waals surface area (Å²) in [5, 5.41) is 11.8. The van der Waals surface area contributed by atoms with Crippen molar-refractivity contribution in [3.63, 3.8) is 0 Å². The maximum absolute atomic E-state index is 12.1. The highest BCUT2D eigenvalue weighted by atomic mass is 16.4. The standard InChI is InChI=1S/C15H25N3O3/c1-10(2)4-12(6-14(19)20)7-17-15(21)11(3)5-13-8-16-9-18-13/h8-12H,4-7H2,1-3H3,(H,16,18)(H,17,21)(H,19,20)/t11?,12-/m0/s1. The van der Waals surface area contributed by atoms with Gasteiger partial charge in [-0.15, -0.1) is 0 Å². The fourth-order valence-corrected chi connectivity index (χ4v) is 2.39. The number of carbonyl (C=O) groups is 2. The Morgan fingerprint density at radius 1 is 1.38 bits per heavy atom.